The van der Waals surface area contributed by atoms with Crippen LogP contribution >= 0.6 is 11.6 Å². The van der Waals surface area contributed by atoms with Crippen molar-refractivity contribution < 1.29 is 28.1 Å². The highest BCUT2D eigenvalue weighted by Crippen LogP contribution is 2.40. The molecule has 1 heterocycles. The van der Waals surface area contributed by atoms with Crippen molar-refractivity contribution in [3.8, 4) is 28.4 Å². The molecular weight excluding hydrogens is 458 g/mol. The van der Waals surface area contributed by atoms with Gasteiger partial charge in [0.2, 0.25) is 10.0 Å². The standard InChI is InChI=1S/C21H24ClN3O6S/c1-24(12-14(27)13-26)32(28,29)21-10-15(19(30-2)11-20(21)31-3)17-8-9-23-25(17)18-7-5-4-6-16(18)22/h4-11,14,26-27H,12-13H2,1-3H3. The highest BCUT2D eigenvalue weighted by molar-refractivity contribution is 7.89. The summed E-state index contributed by atoms with van der Waals surface area (Å²) in [4.78, 5) is -0.129. The van der Waals surface area contributed by atoms with Gasteiger partial charge in [0, 0.05) is 25.2 Å². The monoisotopic (exact) mass is 481 g/mol. The van der Waals surface area contributed by atoms with E-state index in [0.717, 1.165) is 4.31 Å². The Hall–Kier alpha value is -2.63. The van der Waals surface area contributed by atoms with Gasteiger partial charge in [0.05, 0.1) is 49.5 Å². The van der Waals surface area contributed by atoms with Crippen LogP contribution in [0.25, 0.3) is 16.9 Å². The van der Waals surface area contributed by atoms with E-state index in [1.54, 1.807) is 35.1 Å². The van der Waals surface area contributed by atoms with E-state index in [-0.39, 0.29) is 17.2 Å². The molecule has 1 atom stereocenters. The van der Waals surface area contributed by atoms with Gasteiger partial charge in [-0.25, -0.2) is 13.1 Å². The summed E-state index contributed by atoms with van der Waals surface area (Å²) in [7, 11) is 0.0418. The third-order valence-electron chi connectivity index (χ3n) is 4.85. The fourth-order valence-corrected chi connectivity index (χ4v) is 4.80. The Morgan fingerprint density at radius 1 is 1.16 bits per heavy atom. The maximum Gasteiger partial charge on any atom is 0.246 e. The molecule has 1 unspecified atom stereocenters. The quantitative estimate of drug-likeness (QED) is 0.481. The molecule has 0 aliphatic carbocycles. The van der Waals surface area contributed by atoms with Gasteiger partial charge in [-0.05, 0) is 24.3 Å². The lowest BCUT2D eigenvalue weighted by Crippen LogP contribution is -2.36. The second kappa shape index (κ2) is 9.88. The van der Waals surface area contributed by atoms with Gasteiger partial charge in [0.25, 0.3) is 0 Å². The second-order valence-corrected chi connectivity index (χ2v) is 9.33. The summed E-state index contributed by atoms with van der Waals surface area (Å²) in [5.74, 6) is 0.437. The lowest BCUT2D eigenvalue weighted by atomic mass is 10.1. The summed E-state index contributed by atoms with van der Waals surface area (Å²) in [5.41, 5.74) is 1.60. The number of rotatable bonds is 9. The molecule has 0 aliphatic rings. The van der Waals surface area contributed by atoms with E-state index in [9.17, 15) is 13.5 Å². The number of sulfonamides is 1. The van der Waals surface area contributed by atoms with Crippen LogP contribution in [0, 0.1) is 0 Å². The lowest BCUT2D eigenvalue weighted by molar-refractivity contribution is 0.0825. The number of methoxy groups -OCH3 is 2. The van der Waals surface area contributed by atoms with Crippen LogP contribution in [0.2, 0.25) is 5.02 Å². The van der Waals surface area contributed by atoms with Crippen molar-refractivity contribution in [1.82, 2.24) is 14.1 Å². The van der Waals surface area contributed by atoms with E-state index in [2.05, 4.69) is 5.10 Å². The van der Waals surface area contributed by atoms with E-state index < -0.39 is 22.7 Å². The number of aliphatic hydroxyl groups excluding tert-OH is 2. The van der Waals surface area contributed by atoms with Gasteiger partial charge < -0.3 is 19.7 Å². The average molecular weight is 482 g/mol. The van der Waals surface area contributed by atoms with Crippen molar-refractivity contribution in [3.05, 3.63) is 53.7 Å². The first kappa shape index (κ1) is 24.0. The van der Waals surface area contributed by atoms with Gasteiger partial charge in [-0.2, -0.15) is 9.40 Å². The zero-order valence-electron chi connectivity index (χ0n) is 17.8. The Morgan fingerprint density at radius 3 is 2.47 bits per heavy atom. The van der Waals surface area contributed by atoms with Crippen molar-refractivity contribution >= 4 is 21.6 Å². The summed E-state index contributed by atoms with van der Waals surface area (Å²) in [6, 6.07) is 11.7. The normalized spacial score (nSPS) is 12.7. The largest absolute Gasteiger partial charge is 0.496 e. The summed E-state index contributed by atoms with van der Waals surface area (Å²) >= 11 is 6.35. The number of aromatic nitrogens is 2. The Balaban J connectivity index is 2.20. The van der Waals surface area contributed by atoms with Crippen LogP contribution in [-0.4, -0.2) is 73.2 Å². The minimum absolute atomic E-state index is 0.0692. The molecule has 2 N–H and O–H groups in total. The Labute approximate surface area is 191 Å². The number of halogens is 1. The molecule has 0 fully saturated rings. The number of hydrogen-bond acceptors (Lipinski definition) is 7. The Kier molecular flexibility index (Phi) is 7.42. The maximum absolute atomic E-state index is 13.3. The lowest BCUT2D eigenvalue weighted by Gasteiger charge is -2.22. The van der Waals surface area contributed by atoms with Crippen molar-refractivity contribution in [3.63, 3.8) is 0 Å². The van der Waals surface area contributed by atoms with Gasteiger partial charge in [-0.1, -0.05) is 23.7 Å². The zero-order valence-corrected chi connectivity index (χ0v) is 19.3. The van der Waals surface area contributed by atoms with Gasteiger partial charge in [0.15, 0.2) is 0 Å². The highest BCUT2D eigenvalue weighted by atomic mass is 35.5. The van der Waals surface area contributed by atoms with Crippen molar-refractivity contribution in [1.29, 1.82) is 0 Å². The molecule has 11 heteroatoms. The minimum atomic E-state index is -4.09. The van der Waals surface area contributed by atoms with Crippen molar-refractivity contribution in [2.24, 2.45) is 0 Å². The van der Waals surface area contributed by atoms with Crippen LogP contribution < -0.4 is 9.47 Å². The molecule has 172 valence electrons. The smallest absolute Gasteiger partial charge is 0.246 e. The maximum atomic E-state index is 13.3. The van der Waals surface area contributed by atoms with Crippen LogP contribution in [0.15, 0.2) is 53.6 Å². The van der Waals surface area contributed by atoms with Crippen LogP contribution in [0.4, 0.5) is 0 Å². The number of para-hydroxylation sites is 1. The summed E-state index contributed by atoms with van der Waals surface area (Å²) < 4.78 is 39.9. The zero-order chi connectivity index (χ0) is 23.5. The summed E-state index contributed by atoms with van der Waals surface area (Å²) in [5, 5.41) is 23.6. The minimum Gasteiger partial charge on any atom is -0.496 e. The molecule has 0 amide bonds. The van der Waals surface area contributed by atoms with E-state index in [1.165, 1.54) is 33.4 Å². The van der Waals surface area contributed by atoms with Gasteiger partial charge in [-0.3, -0.25) is 0 Å². The first-order valence-electron chi connectivity index (χ1n) is 9.55. The summed E-state index contributed by atoms with van der Waals surface area (Å²) in [6.07, 6.45) is 0.348. The number of hydrogen-bond donors (Lipinski definition) is 2. The number of benzene rings is 2. The molecule has 0 aliphatic heterocycles. The van der Waals surface area contributed by atoms with Crippen molar-refractivity contribution in [2.45, 2.75) is 11.0 Å². The van der Waals surface area contributed by atoms with Crippen LogP contribution in [0.3, 0.4) is 0 Å². The molecule has 9 nitrogen and oxygen atoms in total. The molecule has 0 bridgehead atoms. The van der Waals surface area contributed by atoms with Gasteiger partial charge >= 0.3 is 0 Å². The Bertz CT molecular complexity index is 1200. The topological polar surface area (TPSA) is 114 Å². The van der Waals surface area contributed by atoms with E-state index >= 15 is 0 Å². The molecule has 2 aromatic carbocycles. The first-order valence-corrected chi connectivity index (χ1v) is 11.4. The van der Waals surface area contributed by atoms with Gasteiger partial charge in [-0.15, -0.1) is 0 Å². The molecule has 0 radical (unpaired) electrons. The number of ether oxygens (including phenoxy) is 2. The predicted molar refractivity (Wildman–Crippen MR) is 120 cm³/mol. The van der Waals surface area contributed by atoms with E-state index in [0.29, 0.717) is 27.7 Å². The third-order valence-corrected chi connectivity index (χ3v) is 7.02. The highest BCUT2D eigenvalue weighted by Gasteiger charge is 2.29. The molecule has 0 saturated carbocycles. The fourth-order valence-electron chi connectivity index (χ4n) is 3.21. The molecule has 1 aromatic heterocycles. The van der Waals surface area contributed by atoms with Crippen LogP contribution in [0.5, 0.6) is 11.5 Å². The number of nitrogens with zero attached hydrogens (tertiary/aromatic N) is 3. The van der Waals surface area contributed by atoms with Gasteiger partial charge in [0.1, 0.15) is 16.4 Å². The number of aliphatic hydroxyl groups is 2. The summed E-state index contributed by atoms with van der Waals surface area (Å²) in [6.45, 7) is -0.858. The molecular formula is C21H24ClN3O6S. The average Bonchev–Trinajstić information content (AvgIpc) is 3.27. The third kappa shape index (κ3) is 4.59. The first-order chi connectivity index (χ1) is 15.2. The second-order valence-electron chi connectivity index (χ2n) is 6.90. The fraction of sp³-hybridized carbons (Fsp3) is 0.286. The molecule has 3 rings (SSSR count). The number of likely N-dealkylation sites (N-methyl/N-ethyl adjacent to an activating group) is 1. The SMILES string of the molecule is COc1cc(OC)c(S(=O)(=O)N(C)CC(O)CO)cc1-c1ccnn1-c1ccccc1Cl. The van der Waals surface area contributed by atoms with Crippen LogP contribution in [-0.2, 0) is 10.0 Å². The van der Waals surface area contributed by atoms with Crippen LogP contribution in [0.1, 0.15) is 0 Å². The molecule has 32 heavy (non-hydrogen) atoms. The predicted octanol–water partition coefficient (Wildman–Crippen LogP) is 2.18. The molecule has 3 aromatic rings. The van der Waals surface area contributed by atoms with E-state index in [4.69, 9.17) is 26.2 Å². The molecule has 0 spiro atoms. The molecule has 0 saturated heterocycles. The van der Waals surface area contributed by atoms with Crippen molar-refractivity contribution in [2.75, 3.05) is 34.4 Å². The van der Waals surface area contributed by atoms with E-state index in [1.807, 2.05) is 6.07 Å². The Morgan fingerprint density at radius 2 is 1.84 bits per heavy atom.